The highest BCUT2D eigenvalue weighted by Gasteiger charge is 2.30. The second-order valence-corrected chi connectivity index (χ2v) is 7.09. The lowest BCUT2D eigenvalue weighted by molar-refractivity contribution is -0.113. The number of rotatable bonds is 3. The van der Waals surface area contributed by atoms with Crippen LogP contribution in [-0.4, -0.2) is 20.2 Å². The summed E-state index contributed by atoms with van der Waals surface area (Å²) < 4.78 is 36.0. The molecule has 0 radical (unpaired) electrons. The largest absolute Gasteiger partial charge is 0.321 e. The Morgan fingerprint density at radius 1 is 1.19 bits per heavy atom. The summed E-state index contributed by atoms with van der Waals surface area (Å²) in [4.78, 5) is 24.4. The van der Waals surface area contributed by atoms with E-state index in [-0.39, 0.29) is 27.4 Å². The number of nitrogens with one attached hydrogen (secondary N) is 2. The Morgan fingerprint density at radius 3 is 2.44 bits per heavy atom. The molecule has 0 aliphatic carbocycles. The molecule has 8 nitrogen and oxygen atoms in total. The van der Waals surface area contributed by atoms with Gasteiger partial charge >= 0.3 is 0 Å². The number of nitrogens with zero attached hydrogens (tertiary/aromatic N) is 1. The lowest BCUT2D eigenvalue weighted by atomic mass is 10.0. The highest BCUT2D eigenvalue weighted by atomic mass is 32.2. The minimum atomic E-state index is -3.89. The average Bonchev–Trinajstić information content (AvgIpc) is 2.91. The molecule has 3 rings (SSSR count). The van der Waals surface area contributed by atoms with E-state index in [9.17, 15) is 27.7 Å². The molecule has 0 bridgehead atoms. The number of anilines is 2. The lowest BCUT2D eigenvalue weighted by Gasteiger charge is -2.07. The first-order valence-electron chi connectivity index (χ1n) is 7.40. The van der Waals surface area contributed by atoms with E-state index in [0.29, 0.717) is 0 Å². The topological polar surface area (TPSA) is 142 Å². The summed E-state index contributed by atoms with van der Waals surface area (Å²) in [6.07, 6.45) is 0. The van der Waals surface area contributed by atoms with Crippen molar-refractivity contribution in [3.8, 4) is 6.07 Å². The van der Waals surface area contributed by atoms with Crippen molar-refractivity contribution in [3.05, 3.63) is 59.4 Å². The first-order valence-corrected chi connectivity index (χ1v) is 8.95. The molecule has 0 fully saturated rings. The van der Waals surface area contributed by atoms with Crippen molar-refractivity contribution in [1.82, 2.24) is 0 Å². The van der Waals surface area contributed by atoms with E-state index in [0.717, 1.165) is 12.1 Å². The number of nitriles is 1. The molecule has 0 unspecified atom stereocenters. The van der Waals surface area contributed by atoms with Gasteiger partial charge in [-0.1, -0.05) is 0 Å². The van der Waals surface area contributed by atoms with Gasteiger partial charge in [-0.15, -0.1) is 0 Å². The van der Waals surface area contributed by atoms with Crippen molar-refractivity contribution in [1.29, 1.82) is 5.26 Å². The van der Waals surface area contributed by atoms with Crippen LogP contribution in [-0.2, 0) is 19.6 Å². The van der Waals surface area contributed by atoms with Crippen LogP contribution >= 0.6 is 0 Å². The summed E-state index contributed by atoms with van der Waals surface area (Å²) >= 11 is 0. The van der Waals surface area contributed by atoms with E-state index in [1.54, 1.807) is 6.07 Å². The van der Waals surface area contributed by atoms with E-state index in [1.165, 1.54) is 30.3 Å². The third kappa shape index (κ3) is 3.55. The quantitative estimate of drug-likeness (QED) is 0.539. The number of benzene rings is 2. The van der Waals surface area contributed by atoms with E-state index < -0.39 is 33.2 Å². The van der Waals surface area contributed by atoms with Crippen LogP contribution in [0, 0.1) is 17.1 Å². The molecule has 1 heterocycles. The zero-order valence-corrected chi connectivity index (χ0v) is 14.3. The summed E-state index contributed by atoms with van der Waals surface area (Å²) in [5.74, 6) is -2.23. The summed E-state index contributed by atoms with van der Waals surface area (Å²) in [5, 5.41) is 19.2. The van der Waals surface area contributed by atoms with Crippen molar-refractivity contribution in [2.45, 2.75) is 4.90 Å². The van der Waals surface area contributed by atoms with Crippen LogP contribution in [0.5, 0.6) is 0 Å². The molecule has 0 aromatic heterocycles. The van der Waals surface area contributed by atoms with Crippen LogP contribution in [0.15, 0.2) is 52.9 Å². The fourth-order valence-electron chi connectivity index (χ4n) is 2.53. The predicted molar refractivity (Wildman–Crippen MR) is 94.0 cm³/mol. The molecule has 2 amide bonds. The van der Waals surface area contributed by atoms with Crippen molar-refractivity contribution in [2.24, 2.45) is 5.14 Å². The Hall–Kier alpha value is -3.55. The maximum atomic E-state index is 13.5. The van der Waals surface area contributed by atoms with Gasteiger partial charge < -0.3 is 10.6 Å². The van der Waals surface area contributed by atoms with E-state index in [1.807, 2.05) is 0 Å². The number of sulfonamides is 1. The van der Waals surface area contributed by atoms with Crippen molar-refractivity contribution < 1.29 is 22.4 Å². The fraction of sp³-hybridized carbons (Fsp3) is 0. The minimum absolute atomic E-state index is 0.108. The van der Waals surface area contributed by atoms with E-state index >= 15 is 0 Å². The summed E-state index contributed by atoms with van der Waals surface area (Å²) in [6, 6.07) is 10.1. The maximum Gasteiger partial charge on any atom is 0.267 e. The van der Waals surface area contributed by atoms with E-state index in [4.69, 9.17) is 5.14 Å². The molecule has 0 spiro atoms. The minimum Gasteiger partial charge on any atom is -0.321 e. The summed E-state index contributed by atoms with van der Waals surface area (Å²) in [5.41, 5.74) is -0.178. The number of amides is 2. The monoisotopic (exact) mass is 386 g/mol. The normalized spacial score (nSPS) is 14.8. The van der Waals surface area contributed by atoms with Gasteiger partial charge in [-0.25, -0.2) is 17.9 Å². The molecule has 136 valence electrons. The number of fused-ring (bicyclic) bond motifs is 1. The molecule has 27 heavy (non-hydrogen) atoms. The Balaban J connectivity index is 1.96. The molecular formula is C17H11FN4O4S. The lowest BCUT2D eigenvalue weighted by Crippen LogP contribution is -2.18. The highest BCUT2D eigenvalue weighted by molar-refractivity contribution is 7.89. The second-order valence-electron chi connectivity index (χ2n) is 5.53. The molecule has 4 N–H and O–H groups in total. The van der Waals surface area contributed by atoms with Gasteiger partial charge in [0.05, 0.1) is 10.5 Å². The van der Waals surface area contributed by atoms with Gasteiger partial charge in [-0.05, 0) is 42.5 Å². The highest BCUT2D eigenvalue weighted by Crippen LogP contribution is 2.34. The molecule has 2 aromatic carbocycles. The number of carbonyl (C=O) groups excluding carboxylic acids is 2. The predicted octanol–water partition coefficient (Wildman–Crippen LogP) is 1.34. The molecule has 10 heteroatoms. The van der Waals surface area contributed by atoms with Gasteiger partial charge in [0.1, 0.15) is 17.5 Å². The van der Waals surface area contributed by atoms with Gasteiger partial charge in [0.15, 0.2) is 0 Å². The first kappa shape index (κ1) is 18.2. The molecule has 0 atom stereocenters. The van der Waals surface area contributed by atoms with Gasteiger partial charge in [0.25, 0.3) is 11.8 Å². The Labute approximate surface area is 153 Å². The van der Waals surface area contributed by atoms with Gasteiger partial charge in [-0.3, -0.25) is 9.59 Å². The number of primary sulfonamides is 1. The molecular weight excluding hydrogens is 375 g/mol. The van der Waals surface area contributed by atoms with Crippen molar-refractivity contribution in [3.63, 3.8) is 0 Å². The first-order chi connectivity index (χ1) is 12.7. The Bertz CT molecular complexity index is 1150. The smallest absolute Gasteiger partial charge is 0.267 e. The fourth-order valence-corrected chi connectivity index (χ4v) is 3.04. The van der Waals surface area contributed by atoms with Crippen LogP contribution in [0.25, 0.3) is 5.57 Å². The van der Waals surface area contributed by atoms with Gasteiger partial charge in [0, 0.05) is 16.9 Å². The number of hydrogen-bond acceptors (Lipinski definition) is 5. The third-order valence-corrected chi connectivity index (χ3v) is 4.69. The molecule has 2 aromatic rings. The third-order valence-electron chi connectivity index (χ3n) is 3.76. The SMILES string of the molecule is N#C/C(C(=O)Nc1ccc(S(N)(=O)=O)cc1)=C1\C(=O)Nc2ccc(F)cc21. The second kappa shape index (κ2) is 6.64. The maximum absolute atomic E-state index is 13.5. The van der Waals surface area contributed by atoms with Crippen LogP contribution in [0.4, 0.5) is 15.8 Å². The zero-order chi connectivity index (χ0) is 19.8. The molecule has 1 aliphatic heterocycles. The summed E-state index contributed by atoms with van der Waals surface area (Å²) in [6.45, 7) is 0. The number of carbonyl (C=O) groups is 2. The molecule has 0 saturated heterocycles. The van der Waals surface area contributed by atoms with Crippen LogP contribution in [0.2, 0.25) is 0 Å². The average molecular weight is 386 g/mol. The van der Waals surface area contributed by atoms with Gasteiger partial charge in [-0.2, -0.15) is 5.26 Å². The van der Waals surface area contributed by atoms with Crippen LogP contribution < -0.4 is 15.8 Å². The summed E-state index contributed by atoms with van der Waals surface area (Å²) in [7, 11) is -3.89. The zero-order valence-electron chi connectivity index (χ0n) is 13.5. The molecule has 1 aliphatic rings. The van der Waals surface area contributed by atoms with E-state index in [2.05, 4.69) is 10.6 Å². The van der Waals surface area contributed by atoms with Crippen molar-refractivity contribution >= 4 is 38.8 Å². The Morgan fingerprint density at radius 2 is 1.85 bits per heavy atom. The van der Waals surface area contributed by atoms with Crippen LogP contribution in [0.1, 0.15) is 5.56 Å². The standard InChI is InChI=1S/C17H11FN4O4S/c18-9-1-6-14-12(7-9)15(17(24)22-14)13(8-19)16(23)21-10-2-4-11(5-3-10)27(20,25)26/h1-7H,(H,21,23)(H,22,24)(H2,20,25,26)/b15-13+. The Kier molecular flexibility index (Phi) is 4.49. The van der Waals surface area contributed by atoms with Crippen molar-refractivity contribution in [2.75, 3.05) is 10.6 Å². The molecule has 0 saturated carbocycles. The number of hydrogen-bond donors (Lipinski definition) is 3. The van der Waals surface area contributed by atoms with Crippen LogP contribution in [0.3, 0.4) is 0 Å². The van der Waals surface area contributed by atoms with Gasteiger partial charge in [0.2, 0.25) is 10.0 Å². The number of halogens is 1. The number of nitrogens with two attached hydrogens (primary N) is 1.